The number of ether oxygens (including phenoxy) is 1. The predicted octanol–water partition coefficient (Wildman–Crippen LogP) is -0.737. The van der Waals surface area contributed by atoms with Gasteiger partial charge in [-0.1, -0.05) is 0 Å². The average Bonchev–Trinajstić information content (AvgIpc) is 2.37. The molecule has 0 radical (unpaired) electrons. The van der Waals surface area contributed by atoms with Crippen molar-refractivity contribution in [2.75, 3.05) is 6.61 Å². The minimum Gasteiger partial charge on any atom is -0.768 e. The number of hydrogen-bond acceptors (Lipinski definition) is 4. The fraction of sp³-hybridized carbons (Fsp3) is 0.923. The summed E-state index contributed by atoms with van der Waals surface area (Å²) >= 11 is -3.40. The van der Waals surface area contributed by atoms with Crippen molar-refractivity contribution in [2.24, 2.45) is 17.8 Å². The molecular formula is C13H19F2NaO4S. The first kappa shape index (κ1) is 19.6. The fourth-order valence-electron chi connectivity index (χ4n) is 4.49. The molecule has 0 aliphatic heterocycles. The number of rotatable bonds is 4. The van der Waals surface area contributed by atoms with Crippen LogP contribution in [-0.4, -0.2) is 33.0 Å². The van der Waals surface area contributed by atoms with Gasteiger partial charge in [-0.25, -0.2) is 0 Å². The van der Waals surface area contributed by atoms with E-state index in [-0.39, 0.29) is 29.6 Å². The van der Waals surface area contributed by atoms with Crippen LogP contribution in [0, 0.1) is 17.8 Å². The zero-order valence-electron chi connectivity index (χ0n) is 12.2. The molecule has 4 aliphatic rings. The van der Waals surface area contributed by atoms with Crippen LogP contribution in [0.25, 0.3) is 0 Å². The smallest absolute Gasteiger partial charge is 0.768 e. The SMILES string of the molecule is C=O.O=S([O-])C(F)(F)COC12CC3CC(CC(C3)C1)C2.[Na+]. The van der Waals surface area contributed by atoms with E-state index in [1.54, 1.807) is 0 Å². The van der Waals surface area contributed by atoms with E-state index >= 15 is 0 Å². The van der Waals surface area contributed by atoms with Gasteiger partial charge >= 0.3 is 34.8 Å². The van der Waals surface area contributed by atoms with E-state index in [2.05, 4.69) is 0 Å². The normalized spacial score (nSPS) is 38.1. The van der Waals surface area contributed by atoms with Crippen LogP contribution in [0.15, 0.2) is 0 Å². The van der Waals surface area contributed by atoms with Crippen molar-refractivity contribution in [1.82, 2.24) is 0 Å². The molecule has 116 valence electrons. The van der Waals surface area contributed by atoms with Crippen molar-refractivity contribution >= 4 is 17.9 Å². The molecule has 0 amide bonds. The molecule has 4 fully saturated rings. The predicted molar refractivity (Wildman–Crippen MR) is 67.8 cm³/mol. The first-order valence-corrected chi connectivity index (χ1v) is 7.86. The standard InChI is InChI=1S/C12H18F2O3S.CH2O.Na/c13-12(14,18(15)16)7-17-11-4-8-1-9(5-11)3-10(2-8)6-11;1-2;/h8-10H,1-7H2,(H,15,16);1H2;/q;;+1/p-1. The van der Waals surface area contributed by atoms with Crippen molar-refractivity contribution in [3.63, 3.8) is 0 Å². The Morgan fingerprint density at radius 1 is 1.14 bits per heavy atom. The van der Waals surface area contributed by atoms with Crippen molar-refractivity contribution in [3.05, 3.63) is 0 Å². The van der Waals surface area contributed by atoms with Gasteiger partial charge in [-0.2, -0.15) is 8.78 Å². The quantitative estimate of drug-likeness (QED) is 0.503. The molecule has 0 spiro atoms. The Morgan fingerprint density at radius 2 is 1.52 bits per heavy atom. The van der Waals surface area contributed by atoms with Crippen LogP contribution in [0.5, 0.6) is 0 Å². The maximum Gasteiger partial charge on any atom is 1.00 e. The van der Waals surface area contributed by atoms with Crippen LogP contribution in [0.4, 0.5) is 8.78 Å². The van der Waals surface area contributed by atoms with E-state index in [1.165, 1.54) is 19.3 Å². The summed E-state index contributed by atoms with van der Waals surface area (Å²) in [6.45, 7) is 1.01. The topological polar surface area (TPSA) is 66.4 Å². The Morgan fingerprint density at radius 3 is 1.86 bits per heavy atom. The Kier molecular flexibility index (Phi) is 6.97. The van der Waals surface area contributed by atoms with Crippen LogP contribution in [0.1, 0.15) is 38.5 Å². The third kappa shape index (κ3) is 4.32. The van der Waals surface area contributed by atoms with Gasteiger partial charge in [0.15, 0.2) is 0 Å². The molecule has 4 bridgehead atoms. The van der Waals surface area contributed by atoms with E-state index in [1.807, 2.05) is 6.79 Å². The molecule has 21 heavy (non-hydrogen) atoms. The summed E-state index contributed by atoms with van der Waals surface area (Å²) < 4.78 is 52.4. The molecule has 4 saturated carbocycles. The van der Waals surface area contributed by atoms with Crippen LogP contribution < -0.4 is 29.6 Å². The van der Waals surface area contributed by atoms with E-state index in [9.17, 15) is 17.5 Å². The molecule has 0 heterocycles. The molecule has 4 aliphatic carbocycles. The molecule has 0 aromatic carbocycles. The zero-order chi connectivity index (χ0) is 15.0. The minimum absolute atomic E-state index is 0. The third-order valence-corrected chi connectivity index (χ3v) is 5.38. The first-order chi connectivity index (χ1) is 9.39. The maximum absolute atomic E-state index is 13.1. The van der Waals surface area contributed by atoms with Gasteiger partial charge in [0.25, 0.3) is 0 Å². The summed E-state index contributed by atoms with van der Waals surface area (Å²) in [5.74, 6) is 1.80. The second-order valence-corrected chi connectivity index (χ2v) is 7.33. The Bertz CT molecular complexity index is 359. The largest absolute Gasteiger partial charge is 1.00 e. The summed E-state index contributed by atoms with van der Waals surface area (Å²) in [7, 11) is 0. The van der Waals surface area contributed by atoms with Gasteiger partial charge < -0.3 is 14.1 Å². The van der Waals surface area contributed by atoms with Gasteiger partial charge in [-0.3, -0.25) is 4.21 Å². The molecule has 8 heteroatoms. The molecule has 1 atom stereocenters. The van der Waals surface area contributed by atoms with Crippen LogP contribution in [0.3, 0.4) is 0 Å². The van der Waals surface area contributed by atoms with Crippen molar-refractivity contribution < 1.29 is 56.6 Å². The molecule has 1 unspecified atom stereocenters. The summed E-state index contributed by atoms with van der Waals surface area (Å²) in [5.41, 5.74) is -0.461. The number of carbonyl (C=O) groups is 1. The minimum atomic E-state index is -3.76. The summed E-state index contributed by atoms with van der Waals surface area (Å²) in [6.07, 6.45) is 6.10. The molecule has 0 N–H and O–H groups in total. The number of hydrogen-bond donors (Lipinski definition) is 0. The zero-order valence-corrected chi connectivity index (χ0v) is 15.0. The monoisotopic (exact) mass is 332 g/mol. The summed E-state index contributed by atoms with van der Waals surface area (Å²) in [4.78, 5) is 8.00. The Balaban J connectivity index is 0.000000706. The fourth-order valence-corrected chi connectivity index (χ4v) is 4.65. The van der Waals surface area contributed by atoms with Crippen molar-refractivity contribution in [3.8, 4) is 0 Å². The molecule has 4 rings (SSSR count). The van der Waals surface area contributed by atoms with Crippen molar-refractivity contribution in [1.29, 1.82) is 0 Å². The summed E-state index contributed by atoms with van der Waals surface area (Å²) in [6, 6.07) is 0. The number of alkyl halides is 2. The Hall–Kier alpha value is 0.600. The number of halogens is 2. The van der Waals surface area contributed by atoms with E-state index in [4.69, 9.17) is 9.53 Å². The second-order valence-electron chi connectivity index (χ2n) is 6.26. The van der Waals surface area contributed by atoms with Gasteiger partial charge in [0.2, 0.25) is 0 Å². The van der Waals surface area contributed by atoms with Gasteiger partial charge in [-0.15, -0.1) is 0 Å². The first-order valence-electron chi connectivity index (χ1n) is 6.79. The average molecular weight is 332 g/mol. The summed E-state index contributed by atoms with van der Waals surface area (Å²) in [5, 5.41) is -3.76. The van der Waals surface area contributed by atoms with E-state index in [0.717, 1.165) is 19.3 Å². The molecule has 0 aromatic rings. The van der Waals surface area contributed by atoms with Crippen LogP contribution >= 0.6 is 0 Å². The van der Waals surface area contributed by atoms with Crippen molar-refractivity contribution in [2.45, 2.75) is 49.4 Å². The van der Waals surface area contributed by atoms with E-state index < -0.39 is 28.5 Å². The van der Waals surface area contributed by atoms with Gasteiger partial charge in [0.05, 0.1) is 5.60 Å². The van der Waals surface area contributed by atoms with Gasteiger partial charge in [0, 0.05) is 11.1 Å². The van der Waals surface area contributed by atoms with Crippen LogP contribution in [-0.2, 0) is 20.6 Å². The third-order valence-electron chi connectivity index (χ3n) is 4.77. The van der Waals surface area contributed by atoms with Crippen LogP contribution in [0.2, 0.25) is 0 Å². The van der Waals surface area contributed by atoms with Gasteiger partial charge in [0.1, 0.15) is 13.4 Å². The Labute approximate surface area is 148 Å². The maximum atomic E-state index is 13.1. The molecule has 4 nitrogen and oxygen atoms in total. The molecule has 0 saturated heterocycles. The molecular weight excluding hydrogens is 313 g/mol. The number of carbonyl (C=O) groups excluding carboxylic acids is 1. The van der Waals surface area contributed by atoms with E-state index in [0.29, 0.717) is 17.8 Å². The van der Waals surface area contributed by atoms with Gasteiger partial charge in [-0.05, 0) is 56.3 Å². The molecule has 0 aromatic heterocycles. The second kappa shape index (κ2) is 7.45.